The molecule has 0 bridgehead atoms. The highest BCUT2D eigenvalue weighted by molar-refractivity contribution is 5.77. The van der Waals surface area contributed by atoms with Crippen LogP contribution in [0.2, 0.25) is 0 Å². The summed E-state index contributed by atoms with van der Waals surface area (Å²) in [6.07, 6.45) is 12.6. The standard InChI is InChI=1S/C23H26N6/c1-16-6-5-9-19(26-16)23-22(18-11-13-21-24-15-25-29(21)14-18)27-20(28-23)12-10-17-7-3-2-4-8-17/h5-6,9,11,13-15,17H,2-4,7-8,10,12H2,1H3,(H,27,28). The monoisotopic (exact) mass is 386 g/mol. The molecule has 0 radical (unpaired) electrons. The fraction of sp³-hybridized carbons (Fsp3) is 0.391. The highest BCUT2D eigenvalue weighted by atomic mass is 15.3. The van der Waals surface area contributed by atoms with Gasteiger partial charge in [0.1, 0.15) is 12.2 Å². The van der Waals surface area contributed by atoms with Crippen LogP contribution in [-0.4, -0.2) is 29.5 Å². The Balaban J connectivity index is 1.51. The Morgan fingerprint density at radius 1 is 1.07 bits per heavy atom. The van der Waals surface area contributed by atoms with Gasteiger partial charge in [0.2, 0.25) is 0 Å². The third-order valence-corrected chi connectivity index (χ3v) is 5.96. The Kier molecular flexibility index (Phi) is 4.84. The largest absolute Gasteiger partial charge is 0.340 e. The molecular weight excluding hydrogens is 360 g/mol. The zero-order chi connectivity index (χ0) is 19.6. The summed E-state index contributed by atoms with van der Waals surface area (Å²) in [5.41, 5.74) is 5.68. The van der Waals surface area contributed by atoms with Crippen molar-refractivity contribution in [1.82, 2.24) is 29.5 Å². The lowest BCUT2D eigenvalue weighted by Gasteiger charge is -2.20. The first-order valence-corrected chi connectivity index (χ1v) is 10.6. The van der Waals surface area contributed by atoms with Crippen LogP contribution in [0.25, 0.3) is 28.3 Å². The van der Waals surface area contributed by atoms with Crippen molar-refractivity contribution in [3.63, 3.8) is 0 Å². The number of nitrogens with zero attached hydrogens (tertiary/aromatic N) is 5. The number of rotatable bonds is 5. The summed E-state index contributed by atoms with van der Waals surface area (Å²) in [4.78, 5) is 17.6. The minimum atomic E-state index is 0.831. The van der Waals surface area contributed by atoms with Crippen molar-refractivity contribution in [3.8, 4) is 22.6 Å². The number of aryl methyl sites for hydroxylation is 2. The molecule has 148 valence electrons. The quantitative estimate of drug-likeness (QED) is 0.524. The second kappa shape index (κ2) is 7.78. The van der Waals surface area contributed by atoms with E-state index in [9.17, 15) is 0 Å². The average molecular weight is 387 g/mol. The summed E-state index contributed by atoms with van der Waals surface area (Å²) < 4.78 is 1.79. The number of hydrogen-bond acceptors (Lipinski definition) is 4. The van der Waals surface area contributed by atoms with Crippen LogP contribution >= 0.6 is 0 Å². The average Bonchev–Trinajstić information content (AvgIpc) is 3.39. The van der Waals surface area contributed by atoms with Crippen LogP contribution < -0.4 is 0 Å². The maximum absolute atomic E-state index is 5.01. The molecule has 0 unspecified atom stereocenters. The smallest absolute Gasteiger partial charge is 0.155 e. The topological polar surface area (TPSA) is 71.8 Å². The van der Waals surface area contributed by atoms with Crippen LogP contribution in [0.4, 0.5) is 0 Å². The van der Waals surface area contributed by atoms with Gasteiger partial charge in [0, 0.05) is 23.9 Å². The van der Waals surface area contributed by atoms with Gasteiger partial charge in [0.15, 0.2) is 5.65 Å². The van der Waals surface area contributed by atoms with Crippen LogP contribution in [0.1, 0.15) is 50.0 Å². The maximum atomic E-state index is 5.01. The van der Waals surface area contributed by atoms with E-state index in [0.29, 0.717) is 0 Å². The Hall–Kier alpha value is -3.02. The number of aromatic amines is 1. The summed E-state index contributed by atoms with van der Waals surface area (Å²) in [6.45, 7) is 2.02. The Labute approximate surface area is 170 Å². The van der Waals surface area contributed by atoms with Gasteiger partial charge in [-0.3, -0.25) is 4.98 Å². The summed E-state index contributed by atoms with van der Waals surface area (Å²) >= 11 is 0. The lowest BCUT2D eigenvalue weighted by molar-refractivity contribution is 0.337. The molecule has 4 aromatic rings. The first kappa shape index (κ1) is 18.0. The van der Waals surface area contributed by atoms with Gasteiger partial charge in [-0.25, -0.2) is 14.5 Å². The minimum absolute atomic E-state index is 0.831. The predicted molar refractivity (Wildman–Crippen MR) is 113 cm³/mol. The molecule has 6 heteroatoms. The van der Waals surface area contributed by atoms with Gasteiger partial charge >= 0.3 is 0 Å². The van der Waals surface area contributed by atoms with Gasteiger partial charge in [-0.15, -0.1) is 0 Å². The predicted octanol–water partition coefficient (Wildman–Crippen LogP) is 5.00. The number of hydrogen-bond donors (Lipinski definition) is 1. The zero-order valence-corrected chi connectivity index (χ0v) is 16.8. The molecule has 1 aliphatic rings. The van der Waals surface area contributed by atoms with Gasteiger partial charge in [0.25, 0.3) is 0 Å². The second-order valence-corrected chi connectivity index (χ2v) is 8.09. The minimum Gasteiger partial charge on any atom is -0.340 e. The molecule has 5 rings (SSSR count). The first-order chi connectivity index (χ1) is 14.3. The molecule has 4 heterocycles. The van der Waals surface area contributed by atoms with Gasteiger partial charge in [-0.1, -0.05) is 38.2 Å². The van der Waals surface area contributed by atoms with Crippen molar-refractivity contribution >= 4 is 5.65 Å². The van der Waals surface area contributed by atoms with E-state index in [-0.39, 0.29) is 0 Å². The Morgan fingerprint density at radius 3 is 2.83 bits per heavy atom. The van der Waals surface area contributed by atoms with Gasteiger partial charge in [0.05, 0.1) is 17.1 Å². The van der Waals surface area contributed by atoms with E-state index in [1.165, 1.54) is 38.5 Å². The van der Waals surface area contributed by atoms with E-state index < -0.39 is 0 Å². The molecule has 0 saturated heterocycles. The molecule has 0 aromatic carbocycles. The van der Waals surface area contributed by atoms with E-state index in [2.05, 4.69) is 21.1 Å². The fourth-order valence-corrected chi connectivity index (χ4v) is 4.39. The van der Waals surface area contributed by atoms with E-state index in [4.69, 9.17) is 9.97 Å². The summed E-state index contributed by atoms with van der Waals surface area (Å²) in [6, 6.07) is 10.1. The third-order valence-electron chi connectivity index (χ3n) is 5.96. The molecule has 1 aliphatic carbocycles. The fourth-order valence-electron chi connectivity index (χ4n) is 4.39. The highest BCUT2D eigenvalue weighted by Crippen LogP contribution is 2.31. The van der Waals surface area contributed by atoms with Crippen LogP contribution in [0, 0.1) is 12.8 Å². The summed E-state index contributed by atoms with van der Waals surface area (Å²) in [5.74, 6) is 1.88. The molecule has 29 heavy (non-hydrogen) atoms. The first-order valence-electron chi connectivity index (χ1n) is 10.6. The molecule has 0 aliphatic heterocycles. The van der Waals surface area contributed by atoms with E-state index in [1.807, 2.05) is 37.4 Å². The molecule has 1 N–H and O–H groups in total. The maximum Gasteiger partial charge on any atom is 0.155 e. The highest BCUT2D eigenvalue weighted by Gasteiger charge is 2.18. The van der Waals surface area contributed by atoms with Crippen LogP contribution in [-0.2, 0) is 6.42 Å². The van der Waals surface area contributed by atoms with Crippen LogP contribution in [0.15, 0.2) is 42.9 Å². The number of imidazole rings is 1. The van der Waals surface area contributed by atoms with Crippen molar-refractivity contribution < 1.29 is 0 Å². The Morgan fingerprint density at radius 2 is 1.97 bits per heavy atom. The van der Waals surface area contributed by atoms with Crippen molar-refractivity contribution in [2.75, 3.05) is 0 Å². The zero-order valence-electron chi connectivity index (χ0n) is 16.8. The molecule has 0 spiro atoms. The third kappa shape index (κ3) is 3.79. The van der Waals surface area contributed by atoms with Crippen molar-refractivity contribution in [1.29, 1.82) is 0 Å². The van der Waals surface area contributed by atoms with E-state index >= 15 is 0 Å². The molecule has 0 atom stereocenters. The number of H-pyrrole nitrogens is 1. The number of fused-ring (bicyclic) bond motifs is 1. The molecule has 1 fully saturated rings. The van der Waals surface area contributed by atoms with Crippen LogP contribution in [0.3, 0.4) is 0 Å². The second-order valence-electron chi connectivity index (χ2n) is 8.09. The molecular formula is C23H26N6. The summed E-state index contributed by atoms with van der Waals surface area (Å²) in [5, 5.41) is 4.28. The van der Waals surface area contributed by atoms with Gasteiger partial charge in [-0.05, 0) is 43.5 Å². The lowest BCUT2D eigenvalue weighted by Crippen LogP contribution is -2.07. The van der Waals surface area contributed by atoms with Crippen molar-refractivity contribution in [2.45, 2.75) is 51.9 Å². The number of nitrogens with one attached hydrogen (secondary N) is 1. The van der Waals surface area contributed by atoms with Crippen molar-refractivity contribution in [2.24, 2.45) is 5.92 Å². The van der Waals surface area contributed by atoms with Gasteiger partial charge in [-0.2, -0.15) is 5.10 Å². The molecule has 0 amide bonds. The number of aromatic nitrogens is 6. The van der Waals surface area contributed by atoms with E-state index in [1.54, 1.807) is 10.8 Å². The molecule has 1 saturated carbocycles. The Bertz CT molecular complexity index is 1120. The SMILES string of the molecule is Cc1cccc(-c2[nH]c(CCC3CCCCC3)nc2-c2ccc3ncnn3c2)n1. The summed E-state index contributed by atoms with van der Waals surface area (Å²) in [7, 11) is 0. The normalized spacial score (nSPS) is 15.2. The van der Waals surface area contributed by atoms with E-state index in [0.717, 1.165) is 52.1 Å². The number of pyridine rings is 2. The molecule has 6 nitrogen and oxygen atoms in total. The van der Waals surface area contributed by atoms with Crippen LogP contribution in [0.5, 0.6) is 0 Å². The van der Waals surface area contributed by atoms with Gasteiger partial charge < -0.3 is 4.98 Å². The van der Waals surface area contributed by atoms with Crippen molar-refractivity contribution in [3.05, 3.63) is 54.4 Å². The lowest BCUT2D eigenvalue weighted by atomic mass is 9.86. The molecule has 4 aromatic heterocycles.